The van der Waals surface area contributed by atoms with Crippen LogP contribution in [0.15, 0.2) is 116 Å². The Morgan fingerprint density at radius 2 is 1.22 bits per heavy atom. The lowest BCUT2D eigenvalue weighted by atomic mass is 10.1. The Bertz CT molecular complexity index is 2140. The summed E-state index contributed by atoms with van der Waals surface area (Å²) < 4.78 is 1.99. The fourth-order valence-electron chi connectivity index (χ4n) is 5.69. The highest BCUT2D eigenvalue weighted by atomic mass is 15.2. The molecule has 0 spiro atoms. The molecule has 0 saturated heterocycles. The molecule has 9 heteroatoms. The number of aromatic nitrogens is 2. The van der Waals surface area contributed by atoms with E-state index in [0.29, 0.717) is 46.6 Å². The molecule has 41 heavy (non-hydrogen) atoms. The van der Waals surface area contributed by atoms with E-state index in [1.54, 1.807) is 0 Å². The van der Waals surface area contributed by atoms with Crippen LogP contribution in [0.5, 0.6) is 0 Å². The van der Waals surface area contributed by atoms with Gasteiger partial charge in [-0.1, -0.05) is 58.5 Å². The normalized spacial score (nSPS) is 16.0. The van der Waals surface area contributed by atoms with Gasteiger partial charge in [-0.3, -0.25) is 0 Å². The van der Waals surface area contributed by atoms with Crippen LogP contribution in [0.3, 0.4) is 0 Å². The molecule has 0 aromatic heterocycles. The third-order valence-electron chi connectivity index (χ3n) is 7.63. The predicted octanol–water partition coefficient (Wildman–Crippen LogP) is 3.28. The minimum atomic E-state index is 0.573. The zero-order valence-electron chi connectivity index (χ0n) is 21.8. The van der Waals surface area contributed by atoms with Gasteiger partial charge in [0.15, 0.2) is 11.7 Å². The second-order valence-electron chi connectivity index (χ2n) is 10.2. The average Bonchev–Trinajstić information content (AvgIpc) is 3.72. The average molecular weight is 531 g/mol. The van der Waals surface area contributed by atoms with Crippen LogP contribution in [0.1, 0.15) is 33.4 Å². The van der Waals surface area contributed by atoms with Crippen molar-refractivity contribution in [2.75, 3.05) is 5.32 Å². The first-order valence-corrected chi connectivity index (χ1v) is 13.3. The number of fused-ring (bicyclic) bond motifs is 17. The van der Waals surface area contributed by atoms with Crippen LogP contribution < -0.4 is 10.3 Å². The Hall–Kier alpha value is -5.83. The summed E-state index contributed by atoms with van der Waals surface area (Å²) in [4.78, 5) is 33.3. The summed E-state index contributed by atoms with van der Waals surface area (Å²) in [6.45, 7) is 0. The number of amidine groups is 6. The molecule has 0 fully saturated rings. The number of aliphatic imine (C=N–C) groups is 5. The lowest BCUT2D eigenvalue weighted by molar-refractivity contribution is -0.310. The van der Waals surface area contributed by atoms with Gasteiger partial charge in [0, 0.05) is 52.8 Å². The quantitative estimate of drug-likeness (QED) is 0.321. The van der Waals surface area contributed by atoms with Crippen molar-refractivity contribution in [3.05, 3.63) is 125 Å². The van der Waals surface area contributed by atoms with Crippen LogP contribution >= 0.6 is 0 Å². The van der Waals surface area contributed by atoms with Crippen LogP contribution in [-0.4, -0.2) is 44.6 Å². The van der Waals surface area contributed by atoms with E-state index in [1.165, 1.54) is 0 Å². The number of nitrogens with one attached hydrogen (secondary N) is 2. The van der Waals surface area contributed by atoms with Crippen molar-refractivity contribution >= 4 is 46.6 Å². The second-order valence-corrected chi connectivity index (χ2v) is 10.2. The van der Waals surface area contributed by atoms with Gasteiger partial charge in [0.2, 0.25) is 11.7 Å². The van der Waals surface area contributed by atoms with Crippen LogP contribution in [0.25, 0.3) is 11.1 Å². The molecular weight excluding hydrogens is 510 g/mol. The van der Waals surface area contributed by atoms with Gasteiger partial charge < -0.3 is 9.88 Å². The number of nitrogens with zero attached hydrogens (tertiary/aromatic N) is 7. The standard InChI is InChI=1S/C32H19N9/c1-41-15-14-23-24(16-41)32-39-30-22-13-7-6-12-21(22)28(37-30)35-26-18-9-3-2-8-17(18)25(33-26)34-27-19-10-4-5-11-20(19)29(36-27)38-31(23)40-32/h2-16H,1H3,(H,33,34,35,36,37,38,39,40)/p+1. The van der Waals surface area contributed by atoms with Crippen molar-refractivity contribution in [3.8, 4) is 11.1 Å². The molecule has 0 unspecified atom stereocenters. The smallest absolute Gasteiger partial charge is 0.271 e. The molecule has 6 aliphatic rings. The number of hydrogen-bond acceptors (Lipinski definition) is 7. The van der Waals surface area contributed by atoms with E-state index in [4.69, 9.17) is 29.9 Å². The maximum absolute atomic E-state index is 5.03. The lowest BCUT2D eigenvalue weighted by Gasteiger charge is -2.08. The summed E-state index contributed by atoms with van der Waals surface area (Å²) in [6.07, 6.45) is 4.03. The highest BCUT2D eigenvalue weighted by Crippen LogP contribution is 2.39. The summed E-state index contributed by atoms with van der Waals surface area (Å²) in [7, 11) is 1.99. The molecule has 0 atom stereocenters. The zero-order valence-corrected chi connectivity index (χ0v) is 21.8. The van der Waals surface area contributed by atoms with Crippen molar-refractivity contribution < 1.29 is 4.99 Å². The summed E-state index contributed by atoms with van der Waals surface area (Å²) in [5.74, 6) is 5.08. The molecule has 2 N–H and O–H groups in total. The number of rotatable bonds is 0. The number of anilines is 1. The van der Waals surface area contributed by atoms with Crippen molar-refractivity contribution in [2.24, 2.45) is 32.0 Å². The van der Waals surface area contributed by atoms with Gasteiger partial charge in [-0.15, -0.1) is 0 Å². The third kappa shape index (κ3) is 3.26. The Morgan fingerprint density at radius 1 is 0.585 bits per heavy atom. The first-order valence-electron chi connectivity index (χ1n) is 13.3. The largest absolute Gasteiger partial charge is 0.356 e. The van der Waals surface area contributed by atoms with Gasteiger partial charge in [0.1, 0.15) is 11.7 Å². The zero-order chi connectivity index (χ0) is 27.1. The molecular formula is C32H20N9+. The second kappa shape index (κ2) is 8.09. The van der Waals surface area contributed by atoms with Crippen LogP contribution in [-0.2, 0) is 7.05 Å². The van der Waals surface area contributed by atoms with Crippen molar-refractivity contribution in [1.82, 2.24) is 9.55 Å². The van der Waals surface area contributed by atoms with E-state index in [0.717, 1.165) is 44.5 Å². The molecule has 9 nitrogen and oxygen atoms in total. The van der Waals surface area contributed by atoms with Gasteiger partial charge in [0.25, 0.3) is 11.7 Å². The molecule has 0 saturated carbocycles. The van der Waals surface area contributed by atoms with E-state index in [-0.39, 0.29) is 0 Å². The van der Waals surface area contributed by atoms with E-state index in [2.05, 4.69) is 10.3 Å². The summed E-state index contributed by atoms with van der Waals surface area (Å²) in [5.41, 5.74) is 7.49. The third-order valence-corrected chi connectivity index (χ3v) is 7.63. The van der Waals surface area contributed by atoms with Gasteiger partial charge in [-0.25, -0.2) is 15.0 Å². The Morgan fingerprint density at radius 3 is 2.00 bits per heavy atom. The summed E-state index contributed by atoms with van der Waals surface area (Å²) in [6, 6.07) is 26.2. The summed E-state index contributed by atoms with van der Waals surface area (Å²) >= 11 is 0. The number of benzene rings is 3. The van der Waals surface area contributed by atoms with Gasteiger partial charge in [-0.05, 0) is 30.3 Å². The topological polar surface area (TPSA) is 106 Å². The van der Waals surface area contributed by atoms with Crippen molar-refractivity contribution in [1.29, 1.82) is 0 Å². The molecule has 6 heterocycles. The molecule has 8 bridgehead atoms. The molecule has 6 aliphatic heterocycles. The molecule has 0 radical (unpaired) electrons. The fraction of sp³-hybridized carbons (Fsp3) is 0.0312. The number of aryl methyl sites for hydroxylation is 1. The van der Waals surface area contributed by atoms with E-state index >= 15 is 0 Å². The highest BCUT2D eigenvalue weighted by Gasteiger charge is 2.33. The molecule has 0 aliphatic carbocycles. The highest BCUT2D eigenvalue weighted by molar-refractivity contribution is 6.30. The van der Waals surface area contributed by atoms with Crippen LogP contribution in [0.4, 0.5) is 11.6 Å². The lowest BCUT2D eigenvalue weighted by Crippen LogP contribution is -2.74. The van der Waals surface area contributed by atoms with E-state index in [1.807, 2.05) is 103 Å². The van der Waals surface area contributed by atoms with Crippen molar-refractivity contribution in [2.45, 2.75) is 0 Å². The maximum Gasteiger partial charge on any atom is 0.271 e. The fourth-order valence-corrected chi connectivity index (χ4v) is 5.69. The minimum absolute atomic E-state index is 0.573. The number of pyridine rings is 1. The Kier molecular flexibility index (Phi) is 4.35. The Balaban J connectivity index is 1.35. The molecule has 3 aromatic rings. The predicted molar refractivity (Wildman–Crippen MR) is 160 cm³/mol. The van der Waals surface area contributed by atoms with E-state index in [9.17, 15) is 0 Å². The molecule has 0 amide bonds. The summed E-state index contributed by atoms with van der Waals surface area (Å²) in [5, 5.41) is 3.51. The molecule has 3 aromatic carbocycles. The monoisotopic (exact) mass is 530 g/mol. The minimum Gasteiger partial charge on any atom is -0.356 e. The van der Waals surface area contributed by atoms with Gasteiger partial charge in [0.05, 0.1) is 11.1 Å². The first kappa shape index (κ1) is 22.0. The van der Waals surface area contributed by atoms with Crippen LogP contribution in [0.2, 0.25) is 0 Å². The number of hydrogen-bond donors (Lipinski definition) is 2. The first-order chi connectivity index (χ1) is 20.2. The molecule has 9 rings (SSSR count). The maximum atomic E-state index is 5.03. The van der Waals surface area contributed by atoms with Crippen LogP contribution in [0, 0.1) is 0 Å². The van der Waals surface area contributed by atoms with Crippen molar-refractivity contribution in [3.63, 3.8) is 0 Å². The van der Waals surface area contributed by atoms with E-state index < -0.39 is 0 Å². The van der Waals surface area contributed by atoms with Gasteiger partial charge in [-0.2, -0.15) is 9.98 Å². The SMILES string of the molecule is Cn1ccc2c3nc(c-2c1)N=C1N=C(N=C2[NH+]=C(N=C4N=C(N3)c3ccccc34)c3ccccc32)c2ccccc21. The van der Waals surface area contributed by atoms with Gasteiger partial charge >= 0.3 is 0 Å². The Labute approximate surface area is 234 Å². The molecule has 192 valence electrons.